The molecule has 2 rings (SSSR count). The van der Waals surface area contributed by atoms with Crippen molar-refractivity contribution in [2.45, 2.75) is 13.8 Å². The lowest BCUT2D eigenvalue weighted by atomic mass is 10.2. The Morgan fingerprint density at radius 3 is 2.68 bits per heavy atom. The number of aromatic amines is 1. The number of rotatable bonds is 5. The van der Waals surface area contributed by atoms with Crippen molar-refractivity contribution in [3.05, 3.63) is 28.8 Å². The highest BCUT2D eigenvalue weighted by Crippen LogP contribution is 2.18. The van der Waals surface area contributed by atoms with Gasteiger partial charge in [-0.15, -0.1) is 0 Å². The third-order valence-electron chi connectivity index (χ3n) is 2.89. The van der Waals surface area contributed by atoms with Crippen molar-refractivity contribution in [3.63, 3.8) is 0 Å². The number of hydrogen-bond donors (Lipinski definition) is 3. The molecule has 0 spiro atoms. The molecule has 118 valence electrons. The van der Waals surface area contributed by atoms with E-state index in [2.05, 4.69) is 25.9 Å². The van der Waals surface area contributed by atoms with Gasteiger partial charge in [0, 0.05) is 13.6 Å². The highest BCUT2D eigenvalue weighted by molar-refractivity contribution is 6.34. The monoisotopic (exact) mass is 324 g/mol. The molecule has 0 radical (unpaired) electrons. The fraction of sp³-hybridized carbons (Fsp3) is 0.385. The summed E-state index contributed by atoms with van der Waals surface area (Å²) in [6.07, 6.45) is 2.74. The zero-order valence-corrected chi connectivity index (χ0v) is 13.2. The van der Waals surface area contributed by atoms with Crippen molar-refractivity contribution in [1.29, 1.82) is 0 Å². The average Bonchev–Trinajstić information content (AvgIpc) is 3.02. The quantitative estimate of drug-likeness (QED) is 0.773. The van der Waals surface area contributed by atoms with Crippen LogP contribution in [0.2, 0.25) is 5.02 Å². The number of anilines is 1. The van der Waals surface area contributed by atoms with E-state index in [9.17, 15) is 9.59 Å². The maximum absolute atomic E-state index is 12.2. The third-order valence-corrected chi connectivity index (χ3v) is 3.18. The summed E-state index contributed by atoms with van der Waals surface area (Å²) >= 11 is 5.84. The second kappa shape index (κ2) is 6.61. The summed E-state index contributed by atoms with van der Waals surface area (Å²) in [5.74, 6) is -0.480. The Balaban J connectivity index is 2.17. The number of carbonyl (C=O) groups excluding carboxylic acids is 2. The fourth-order valence-corrected chi connectivity index (χ4v) is 1.97. The van der Waals surface area contributed by atoms with E-state index in [1.165, 1.54) is 17.1 Å². The fourth-order valence-electron chi connectivity index (χ4n) is 1.79. The van der Waals surface area contributed by atoms with Gasteiger partial charge in [-0.05, 0) is 5.92 Å². The highest BCUT2D eigenvalue weighted by Gasteiger charge is 2.20. The van der Waals surface area contributed by atoms with Crippen LogP contribution in [0.5, 0.6) is 0 Å². The van der Waals surface area contributed by atoms with Crippen LogP contribution in [0.4, 0.5) is 5.69 Å². The Morgan fingerprint density at radius 2 is 2.09 bits per heavy atom. The molecule has 0 saturated carbocycles. The van der Waals surface area contributed by atoms with Crippen LogP contribution in [0.15, 0.2) is 12.4 Å². The molecule has 2 aromatic rings. The molecule has 0 aliphatic carbocycles. The van der Waals surface area contributed by atoms with Gasteiger partial charge in [-0.2, -0.15) is 10.2 Å². The van der Waals surface area contributed by atoms with Gasteiger partial charge in [0.1, 0.15) is 11.4 Å². The molecule has 9 heteroatoms. The van der Waals surface area contributed by atoms with Crippen molar-refractivity contribution in [2.75, 3.05) is 11.9 Å². The minimum absolute atomic E-state index is 0.124. The molecule has 2 amide bonds. The van der Waals surface area contributed by atoms with E-state index >= 15 is 0 Å². The van der Waals surface area contributed by atoms with E-state index < -0.39 is 5.91 Å². The van der Waals surface area contributed by atoms with Gasteiger partial charge >= 0.3 is 0 Å². The van der Waals surface area contributed by atoms with Gasteiger partial charge in [0.25, 0.3) is 11.8 Å². The first-order valence-corrected chi connectivity index (χ1v) is 7.08. The molecular formula is C13H17ClN6O2. The van der Waals surface area contributed by atoms with Crippen molar-refractivity contribution >= 4 is 29.1 Å². The minimum Gasteiger partial charge on any atom is -0.350 e. The molecule has 8 nitrogen and oxygen atoms in total. The zero-order chi connectivity index (χ0) is 16.3. The van der Waals surface area contributed by atoms with Crippen molar-refractivity contribution in [1.82, 2.24) is 25.3 Å². The first-order chi connectivity index (χ1) is 10.4. The topological polar surface area (TPSA) is 105 Å². The molecule has 2 heterocycles. The van der Waals surface area contributed by atoms with E-state index in [0.29, 0.717) is 18.2 Å². The van der Waals surface area contributed by atoms with Crippen LogP contribution in [0.3, 0.4) is 0 Å². The largest absolute Gasteiger partial charge is 0.350 e. The second-order valence-electron chi connectivity index (χ2n) is 5.18. The lowest BCUT2D eigenvalue weighted by molar-refractivity contribution is 0.0940. The molecule has 0 aliphatic rings. The number of halogens is 1. The molecule has 0 aromatic carbocycles. The Bertz CT molecular complexity index is 691. The molecule has 3 N–H and O–H groups in total. The van der Waals surface area contributed by atoms with E-state index in [1.807, 2.05) is 13.8 Å². The van der Waals surface area contributed by atoms with Crippen LogP contribution in [0.1, 0.15) is 34.8 Å². The van der Waals surface area contributed by atoms with E-state index in [-0.39, 0.29) is 22.3 Å². The van der Waals surface area contributed by atoms with Gasteiger partial charge in [-0.25, -0.2) is 0 Å². The van der Waals surface area contributed by atoms with Crippen LogP contribution < -0.4 is 10.6 Å². The molecule has 2 aromatic heterocycles. The molecule has 0 atom stereocenters. The first-order valence-electron chi connectivity index (χ1n) is 6.70. The number of nitrogens with zero attached hydrogens (tertiary/aromatic N) is 3. The number of aromatic nitrogens is 4. The number of nitrogens with one attached hydrogen (secondary N) is 3. The number of H-pyrrole nitrogens is 1. The summed E-state index contributed by atoms with van der Waals surface area (Å²) < 4.78 is 1.40. The Morgan fingerprint density at radius 1 is 1.36 bits per heavy atom. The molecular weight excluding hydrogens is 308 g/mol. The van der Waals surface area contributed by atoms with E-state index in [1.54, 1.807) is 7.05 Å². The third kappa shape index (κ3) is 3.45. The molecule has 0 unspecified atom stereocenters. The summed E-state index contributed by atoms with van der Waals surface area (Å²) in [6, 6.07) is 0. The van der Waals surface area contributed by atoms with Crippen LogP contribution >= 0.6 is 11.6 Å². The first kappa shape index (κ1) is 16.0. The van der Waals surface area contributed by atoms with Gasteiger partial charge < -0.3 is 10.6 Å². The summed E-state index contributed by atoms with van der Waals surface area (Å²) in [7, 11) is 1.63. The highest BCUT2D eigenvalue weighted by atomic mass is 35.5. The maximum atomic E-state index is 12.2. The molecule has 0 saturated heterocycles. The predicted molar refractivity (Wildman–Crippen MR) is 81.9 cm³/mol. The van der Waals surface area contributed by atoms with E-state index in [0.717, 1.165) is 0 Å². The SMILES string of the molecule is CC(C)CNC(=O)c1c(NC(=O)c2[nH]ncc2Cl)cnn1C. The van der Waals surface area contributed by atoms with Crippen LogP contribution in [-0.4, -0.2) is 38.3 Å². The maximum Gasteiger partial charge on any atom is 0.275 e. The van der Waals surface area contributed by atoms with Gasteiger partial charge in [0.05, 0.1) is 23.1 Å². The molecule has 0 fully saturated rings. The molecule has 22 heavy (non-hydrogen) atoms. The van der Waals surface area contributed by atoms with Gasteiger partial charge in [0.2, 0.25) is 0 Å². The summed E-state index contributed by atoms with van der Waals surface area (Å²) in [5, 5.41) is 15.8. The van der Waals surface area contributed by atoms with Crippen LogP contribution in [0.25, 0.3) is 0 Å². The van der Waals surface area contributed by atoms with Crippen molar-refractivity contribution in [3.8, 4) is 0 Å². The number of amides is 2. The summed E-state index contributed by atoms with van der Waals surface area (Å²) in [4.78, 5) is 24.3. The smallest absolute Gasteiger partial charge is 0.275 e. The Labute approximate surface area is 132 Å². The van der Waals surface area contributed by atoms with Crippen LogP contribution in [-0.2, 0) is 7.05 Å². The lowest BCUT2D eigenvalue weighted by Crippen LogP contribution is -2.30. The van der Waals surface area contributed by atoms with Crippen LogP contribution in [0, 0.1) is 5.92 Å². The van der Waals surface area contributed by atoms with Gasteiger partial charge in [-0.1, -0.05) is 25.4 Å². The average molecular weight is 325 g/mol. The Kier molecular flexibility index (Phi) is 4.81. The van der Waals surface area contributed by atoms with Gasteiger partial charge in [0.15, 0.2) is 0 Å². The molecule has 0 bridgehead atoms. The van der Waals surface area contributed by atoms with Gasteiger partial charge in [-0.3, -0.25) is 19.4 Å². The number of carbonyl (C=O) groups is 2. The summed E-state index contributed by atoms with van der Waals surface area (Å²) in [5.41, 5.74) is 0.697. The minimum atomic E-state index is -0.492. The van der Waals surface area contributed by atoms with Crippen molar-refractivity contribution in [2.24, 2.45) is 13.0 Å². The van der Waals surface area contributed by atoms with E-state index in [4.69, 9.17) is 11.6 Å². The summed E-state index contributed by atoms with van der Waals surface area (Å²) in [6.45, 7) is 4.52. The Hall–Kier alpha value is -2.35. The number of aryl methyl sites for hydroxylation is 1. The standard InChI is InChI=1S/C13H17ClN6O2/c1-7(2)4-15-13(22)11-9(6-17-20(11)3)18-12(21)10-8(14)5-16-19-10/h5-7H,4H2,1-3H3,(H,15,22)(H,16,19)(H,18,21). The normalized spacial score (nSPS) is 10.8. The lowest BCUT2D eigenvalue weighted by Gasteiger charge is -2.10. The molecule has 0 aliphatic heterocycles. The zero-order valence-electron chi connectivity index (χ0n) is 12.5. The second-order valence-corrected chi connectivity index (χ2v) is 5.59. The predicted octanol–water partition coefficient (Wildman–Crippen LogP) is 1.43. The number of hydrogen-bond acceptors (Lipinski definition) is 4. The van der Waals surface area contributed by atoms with Crippen molar-refractivity contribution < 1.29 is 9.59 Å².